The summed E-state index contributed by atoms with van der Waals surface area (Å²) in [5.74, 6) is -0.648. The van der Waals surface area contributed by atoms with Gasteiger partial charge in [0.15, 0.2) is 0 Å². The van der Waals surface area contributed by atoms with Crippen molar-refractivity contribution in [2.45, 2.75) is 271 Å². The van der Waals surface area contributed by atoms with E-state index in [1.54, 1.807) is 0 Å². The minimum absolute atomic E-state index is 0.323. The second-order valence-corrected chi connectivity index (χ2v) is 15.4. The molecule has 0 fully saturated rings. The number of hydrogen-bond acceptors (Lipinski definition) is 3. The quantitative estimate of drug-likeness (QED) is 0.0278. The molecule has 0 unspecified atom stereocenters. The average molecular weight is 689 g/mol. The molecule has 3 heteroatoms. The van der Waals surface area contributed by atoms with Gasteiger partial charge in [-0.3, -0.25) is 9.59 Å². The zero-order valence-electron chi connectivity index (χ0n) is 33.7. The lowest BCUT2D eigenvalue weighted by Crippen LogP contribution is -2.11. The van der Waals surface area contributed by atoms with Crippen molar-refractivity contribution in [2.75, 3.05) is 0 Å². The summed E-state index contributed by atoms with van der Waals surface area (Å²) in [6.45, 7) is 4.57. The van der Waals surface area contributed by atoms with Gasteiger partial charge in [-0.2, -0.15) is 0 Å². The van der Waals surface area contributed by atoms with Crippen molar-refractivity contribution in [3.05, 3.63) is 12.2 Å². The van der Waals surface area contributed by atoms with Crippen LogP contribution in [0.5, 0.6) is 0 Å². The fourth-order valence-corrected chi connectivity index (χ4v) is 6.98. The molecule has 0 amide bonds. The minimum Gasteiger partial charge on any atom is -0.393 e. The van der Waals surface area contributed by atoms with Crippen molar-refractivity contribution < 1.29 is 14.3 Å². The third kappa shape index (κ3) is 43.0. The number of esters is 2. The highest BCUT2D eigenvalue weighted by molar-refractivity contribution is 5.85. The van der Waals surface area contributed by atoms with Crippen molar-refractivity contribution >= 4 is 11.9 Å². The molecule has 0 spiro atoms. The third-order valence-corrected chi connectivity index (χ3v) is 10.4. The van der Waals surface area contributed by atoms with Crippen molar-refractivity contribution in [3.8, 4) is 0 Å². The van der Waals surface area contributed by atoms with Crippen LogP contribution in [-0.2, 0) is 14.3 Å². The smallest absolute Gasteiger partial charge is 0.313 e. The van der Waals surface area contributed by atoms with E-state index in [-0.39, 0.29) is 11.9 Å². The van der Waals surface area contributed by atoms with Crippen LogP contribution in [0, 0.1) is 0 Å². The summed E-state index contributed by atoms with van der Waals surface area (Å²) in [5.41, 5.74) is 0. The normalized spacial score (nSPS) is 11.6. The van der Waals surface area contributed by atoms with Gasteiger partial charge in [-0.1, -0.05) is 231 Å². The van der Waals surface area contributed by atoms with Crippen molar-refractivity contribution in [2.24, 2.45) is 0 Å². The van der Waals surface area contributed by atoms with E-state index in [1.165, 1.54) is 218 Å². The Morgan fingerprint density at radius 1 is 0.306 bits per heavy atom. The molecule has 49 heavy (non-hydrogen) atoms. The first-order chi connectivity index (χ1) is 24.2. The maximum absolute atomic E-state index is 12.0. The van der Waals surface area contributed by atoms with Gasteiger partial charge in [0.25, 0.3) is 0 Å². The van der Waals surface area contributed by atoms with E-state index in [2.05, 4.69) is 26.0 Å². The molecule has 3 nitrogen and oxygen atoms in total. The Hall–Kier alpha value is -1.12. The summed E-state index contributed by atoms with van der Waals surface area (Å²) in [5, 5.41) is 0. The van der Waals surface area contributed by atoms with E-state index in [4.69, 9.17) is 4.74 Å². The summed E-state index contributed by atoms with van der Waals surface area (Å²) in [4.78, 5) is 24.0. The highest BCUT2D eigenvalue weighted by Gasteiger charge is 2.10. The second-order valence-electron chi connectivity index (χ2n) is 15.4. The van der Waals surface area contributed by atoms with Crippen LogP contribution < -0.4 is 0 Å². The van der Waals surface area contributed by atoms with Crippen LogP contribution in [0.3, 0.4) is 0 Å². The summed E-state index contributed by atoms with van der Waals surface area (Å²) in [7, 11) is 0. The first-order valence-corrected chi connectivity index (χ1v) is 22.6. The second kappa shape index (κ2) is 43.0. The molecule has 0 saturated heterocycles. The van der Waals surface area contributed by atoms with Crippen LogP contribution >= 0.6 is 0 Å². The topological polar surface area (TPSA) is 43.4 Å². The first kappa shape index (κ1) is 47.9. The van der Waals surface area contributed by atoms with E-state index in [0.29, 0.717) is 12.8 Å². The van der Waals surface area contributed by atoms with Gasteiger partial charge in [0.1, 0.15) is 0 Å². The van der Waals surface area contributed by atoms with E-state index in [1.807, 2.05) is 0 Å². The number of allylic oxidation sites excluding steroid dienone is 2. The Morgan fingerprint density at radius 2 is 0.510 bits per heavy atom. The molecular formula is C46H88O3. The number of unbranched alkanes of at least 4 members (excludes halogenated alkanes) is 35. The molecule has 0 aromatic rings. The predicted octanol–water partition coefficient (Wildman–Crippen LogP) is 16.3. The van der Waals surface area contributed by atoms with Crippen molar-refractivity contribution in [1.29, 1.82) is 0 Å². The summed E-state index contributed by atoms with van der Waals surface area (Å²) in [6, 6.07) is 0. The van der Waals surface area contributed by atoms with E-state index in [9.17, 15) is 9.59 Å². The Balaban J connectivity index is 3.28. The molecule has 0 radical (unpaired) electrons. The van der Waals surface area contributed by atoms with E-state index < -0.39 is 0 Å². The van der Waals surface area contributed by atoms with Gasteiger partial charge in [-0.15, -0.1) is 0 Å². The van der Waals surface area contributed by atoms with Gasteiger partial charge in [0.2, 0.25) is 0 Å². The molecule has 0 aliphatic heterocycles. The molecular weight excluding hydrogens is 601 g/mol. The van der Waals surface area contributed by atoms with Gasteiger partial charge in [-0.25, -0.2) is 0 Å². The Labute approximate surface area is 308 Å². The molecule has 0 aromatic heterocycles. The maximum atomic E-state index is 12.0. The van der Waals surface area contributed by atoms with Gasteiger partial charge in [0, 0.05) is 12.8 Å². The summed E-state index contributed by atoms with van der Waals surface area (Å²) in [6.07, 6.45) is 55.8. The SMILES string of the molecule is CCCCCCCC/C=C\CCCCCCCCCCCC(=O)OC(=O)CCCCCCCCCCCCCCCCCCCCCCC. The van der Waals surface area contributed by atoms with Crippen LogP contribution in [0.4, 0.5) is 0 Å². The molecule has 0 heterocycles. The molecule has 0 saturated carbocycles. The lowest BCUT2D eigenvalue weighted by atomic mass is 10.0. The fraction of sp³-hybridized carbons (Fsp3) is 0.913. The molecule has 0 aliphatic carbocycles. The van der Waals surface area contributed by atoms with Crippen LogP contribution in [0.15, 0.2) is 12.2 Å². The number of ether oxygens (including phenoxy) is 1. The Bertz CT molecular complexity index is 684. The molecule has 0 rings (SSSR count). The highest BCUT2D eigenvalue weighted by atomic mass is 16.6. The fourth-order valence-electron chi connectivity index (χ4n) is 6.98. The largest absolute Gasteiger partial charge is 0.393 e. The van der Waals surface area contributed by atoms with Gasteiger partial charge < -0.3 is 4.74 Å². The lowest BCUT2D eigenvalue weighted by molar-refractivity contribution is -0.159. The monoisotopic (exact) mass is 689 g/mol. The zero-order chi connectivity index (χ0) is 35.6. The summed E-state index contributed by atoms with van der Waals surface area (Å²) >= 11 is 0. The lowest BCUT2D eigenvalue weighted by Gasteiger charge is -2.05. The molecule has 0 aromatic carbocycles. The van der Waals surface area contributed by atoms with Crippen molar-refractivity contribution in [3.63, 3.8) is 0 Å². The van der Waals surface area contributed by atoms with Crippen LogP contribution in [-0.4, -0.2) is 11.9 Å². The Morgan fingerprint density at radius 3 is 0.755 bits per heavy atom. The highest BCUT2D eigenvalue weighted by Crippen LogP contribution is 2.16. The third-order valence-electron chi connectivity index (χ3n) is 10.4. The minimum atomic E-state index is -0.325. The Kier molecular flexibility index (Phi) is 42.1. The van der Waals surface area contributed by atoms with Crippen LogP contribution in [0.25, 0.3) is 0 Å². The van der Waals surface area contributed by atoms with Gasteiger partial charge >= 0.3 is 11.9 Å². The zero-order valence-corrected chi connectivity index (χ0v) is 33.7. The number of carbonyl (C=O) groups excluding carboxylic acids is 2. The van der Waals surface area contributed by atoms with E-state index in [0.717, 1.165) is 25.7 Å². The molecule has 290 valence electrons. The van der Waals surface area contributed by atoms with Crippen LogP contribution in [0.2, 0.25) is 0 Å². The first-order valence-electron chi connectivity index (χ1n) is 22.6. The summed E-state index contributed by atoms with van der Waals surface area (Å²) < 4.78 is 5.05. The van der Waals surface area contributed by atoms with Gasteiger partial charge in [-0.05, 0) is 38.5 Å². The average Bonchev–Trinajstić information content (AvgIpc) is 3.10. The number of carbonyl (C=O) groups is 2. The van der Waals surface area contributed by atoms with Crippen LogP contribution in [0.1, 0.15) is 271 Å². The molecule has 0 atom stereocenters. The molecule has 0 bridgehead atoms. The van der Waals surface area contributed by atoms with E-state index >= 15 is 0 Å². The maximum Gasteiger partial charge on any atom is 0.313 e. The number of hydrogen-bond donors (Lipinski definition) is 0. The van der Waals surface area contributed by atoms with Crippen molar-refractivity contribution in [1.82, 2.24) is 0 Å². The van der Waals surface area contributed by atoms with Gasteiger partial charge in [0.05, 0.1) is 0 Å². The standard InChI is InChI=1S/C46H88O3/c1-3-5-7-9-11-13-15-17-19-21-23-24-26-28-30-32-34-36-38-40-42-44-46(48)49-45(47)43-41-39-37-35-33-31-29-27-25-22-20-18-16-14-12-10-8-6-4-2/h18,20H,3-17,19,21-44H2,1-2H3/b20-18-. The predicted molar refractivity (Wildman–Crippen MR) is 216 cm³/mol. The molecule has 0 N–H and O–H groups in total. The molecule has 0 aliphatic rings. The number of rotatable bonds is 41.